The number of rotatable bonds is 8. The highest BCUT2D eigenvalue weighted by atomic mass is 28.3. The van der Waals surface area contributed by atoms with E-state index < -0.39 is 8.84 Å². The third-order valence-corrected chi connectivity index (χ3v) is 8.30. The van der Waals surface area contributed by atoms with Crippen molar-refractivity contribution in [3.05, 3.63) is 42.4 Å². The summed E-state index contributed by atoms with van der Waals surface area (Å²) in [6.45, 7) is 6.48. The van der Waals surface area contributed by atoms with Crippen LogP contribution in [-0.4, -0.2) is 80.3 Å². The lowest BCUT2D eigenvalue weighted by Gasteiger charge is -2.31. The van der Waals surface area contributed by atoms with Gasteiger partial charge in [0.25, 0.3) is 0 Å². The predicted octanol–water partition coefficient (Wildman–Crippen LogP) is 3.40. The molecule has 5 heterocycles. The molecule has 3 N–H and O–H groups in total. The van der Waals surface area contributed by atoms with Crippen LogP contribution in [-0.2, 0) is 9.20 Å². The molecule has 0 aromatic carbocycles. The molecule has 0 bridgehead atoms. The molecule has 2 fully saturated rings. The van der Waals surface area contributed by atoms with Crippen molar-refractivity contribution in [2.45, 2.75) is 50.8 Å². The van der Waals surface area contributed by atoms with E-state index in [0.29, 0.717) is 36.8 Å². The lowest BCUT2D eigenvalue weighted by Crippen LogP contribution is -2.37. The molecule has 0 unspecified atom stereocenters. The summed E-state index contributed by atoms with van der Waals surface area (Å²) < 4.78 is 23.9. The molecule has 1 saturated carbocycles. The molecule has 2 aliphatic heterocycles. The second-order valence-corrected chi connectivity index (χ2v) is 11.9. The molecule has 40 heavy (non-hydrogen) atoms. The minimum absolute atomic E-state index is 0.0470. The average molecular weight is 561 g/mol. The van der Waals surface area contributed by atoms with Crippen LogP contribution in [0.25, 0.3) is 16.5 Å². The van der Waals surface area contributed by atoms with Gasteiger partial charge in [0.2, 0.25) is 11.8 Å². The minimum Gasteiger partial charge on any atom is -0.474 e. The topological polar surface area (TPSA) is 126 Å². The van der Waals surface area contributed by atoms with Gasteiger partial charge in [-0.05, 0) is 56.8 Å². The Bertz CT molecular complexity index is 1370. The summed E-state index contributed by atoms with van der Waals surface area (Å²) in [5.41, 5.74) is 3.93. The van der Waals surface area contributed by atoms with Gasteiger partial charge >= 0.3 is 8.84 Å². The number of nitrogens with zero attached hydrogens (tertiary/aromatic N) is 5. The van der Waals surface area contributed by atoms with Crippen LogP contribution >= 0.6 is 0 Å². The summed E-state index contributed by atoms with van der Waals surface area (Å²) in [6, 6.07) is 4.24. The van der Waals surface area contributed by atoms with Gasteiger partial charge in [0.15, 0.2) is 0 Å². The first kappa shape index (κ1) is 26.7. The van der Waals surface area contributed by atoms with Gasteiger partial charge in [0.05, 0.1) is 36.0 Å². The molecule has 12 heteroatoms. The smallest absolute Gasteiger partial charge is 0.393 e. The van der Waals surface area contributed by atoms with Gasteiger partial charge in [-0.15, -0.1) is 0 Å². The van der Waals surface area contributed by atoms with Crippen LogP contribution in [0.3, 0.4) is 0 Å². The highest BCUT2D eigenvalue weighted by Gasteiger charge is 2.25. The molecule has 0 radical (unpaired) electrons. The van der Waals surface area contributed by atoms with Crippen molar-refractivity contribution in [1.29, 1.82) is 0 Å². The standard InChI is InChI=1S/C28H36N8O3Si/c1-40(37)35-22-14-24-25(30-18-22)15-26(36-10-12-38-13-11-36)34-27(24)39-23-4-2-21(3-5-23)33-28-31-16-20(17-32-28)19-6-8-29-9-7-19/h6,14-18,21,23,29,35H,2-5,7-13H2,1H3,(H,31,32,33). The van der Waals surface area contributed by atoms with Gasteiger partial charge in [0.1, 0.15) is 11.9 Å². The van der Waals surface area contributed by atoms with Crippen LogP contribution in [0.2, 0.25) is 6.55 Å². The Labute approximate surface area is 235 Å². The Morgan fingerprint density at radius 1 is 1.07 bits per heavy atom. The maximum absolute atomic E-state index is 11.8. The van der Waals surface area contributed by atoms with E-state index in [4.69, 9.17) is 14.5 Å². The molecular weight excluding hydrogens is 524 g/mol. The molecule has 0 spiro atoms. The van der Waals surface area contributed by atoms with Crippen LogP contribution in [0, 0.1) is 0 Å². The normalized spacial score (nSPS) is 21.5. The van der Waals surface area contributed by atoms with Crippen molar-refractivity contribution < 1.29 is 13.9 Å². The molecule has 3 aliphatic rings. The molecule has 3 aromatic heterocycles. The summed E-state index contributed by atoms with van der Waals surface area (Å²) in [6.07, 6.45) is 12.5. The van der Waals surface area contributed by atoms with Gasteiger partial charge in [-0.25, -0.2) is 9.97 Å². The summed E-state index contributed by atoms with van der Waals surface area (Å²) >= 11 is 0. The second-order valence-electron chi connectivity index (χ2n) is 10.6. The monoisotopic (exact) mass is 560 g/mol. The van der Waals surface area contributed by atoms with Gasteiger partial charge < -0.3 is 34.5 Å². The minimum atomic E-state index is -1.90. The Morgan fingerprint density at radius 3 is 2.60 bits per heavy atom. The van der Waals surface area contributed by atoms with Crippen molar-refractivity contribution in [1.82, 2.24) is 25.3 Å². The van der Waals surface area contributed by atoms with E-state index in [1.807, 2.05) is 24.5 Å². The zero-order chi connectivity index (χ0) is 27.3. The van der Waals surface area contributed by atoms with E-state index in [-0.39, 0.29) is 6.10 Å². The number of fused-ring (bicyclic) bond motifs is 1. The van der Waals surface area contributed by atoms with Crippen molar-refractivity contribution >= 4 is 42.8 Å². The summed E-state index contributed by atoms with van der Waals surface area (Å²) in [4.78, 5) is 24.0. The lowest BCUT2D eigenvalue weighted by molar-refractivity contribution is 0.122. The van der Waals surface area contributed by atoms with Gasteiger partial charge in [-0.3, -0.25) is 4.98 Å². The Balaban J connectivity index is 1.13. The van der Waals surface area contributed by atoms with Gasteiger partial charge in [0, 0.05) is 49.7 Å². The first-order valence-corrected chi connectivity index (χ1v) is 16.1. The number of ether oxygens (including phenoxy) is 2. The van der Waals surface area contributed by atoms with E-state index in [9.17, 15) is 4.46 Å². The fraction of sp³-hybridized carbons (Fsp3) is 0.500. The Hall–Kier alpha value is -3.48. The number of hydrogen-bond acceptors (Lipinski definition) is 10. The molecule has 1 aliphatic carbocycles. The number of morpholine rings is 1. The largest absolute Gasteiger partial charge is 0.474 e. The molecule has 3 aromatic rings. The van der Waals surface area contributed by atoms with Crippen LogP contribution < -0.4 is 25.3 Å². The van der Waals surface area contributed by atoms with Crippen LogP contribution in [0.1, 0.15) is 37.7 Å². The fourth-order valence-electron chi connectivity index (χ4n) is 5.51. The highest BCUT2D eigenvalue weighted by Crippen LogP contribution is 2.33. The molecule has 210 valence electrons. The third kappa shape index (κ3) is 6.45. The molecule has 6 rings (SSSR count). The first-order chi connectivity index (χ1) is 19.6. The van der Waals surface area contributed by atoms with Crippen molar-refractivity contribution in [3.63, 3.8) is 0 Å². The summed E-state index contributed by atoms with van der Waals surface area (Å²) in [7, 11) is -1.90. The first-order valence-electron chi connectivity index (χ1n) is 14.2. The van der Waals surface area contributed by atoms with E-state index in [1.54, 1.807) is 12.7 Å². The molecule has 0 amide bonds. The molecule has 0 atom stereocenters. The van der Waals surface area contributed by atoms with Crippen LogP contribution in [0.5, 0.6) is 5.88 Å². The Morgan fingerprint density at radius 2 is 1.88 bits per heavy atom. The highest BCUT2D eigenvalue weighted by molar-refractivity contribution is 6.45. The number of aromatic nitrogens is 4. The van der Waals surface area contributed by atoms with Crippen molar-refractivity contribution in [2.75, 3.05) is 54.6 Å². The number of pyridine rings is 2. The molecular formula is C28H36N8O3Si. The number of hydrogen-bond donors (Lipinski definition) is 3. The molecule has 1 saturated heterocycles. The molecule has 11 nitrogen and oxygen atoms in total. The maximum atomic E-state index is 11.8. The van der Waals surface area contributed by atoms with Crippen LogP contribution in [0.15, 0.2) is 36.8 Å². The average Bonchev–Trinajstić information content (AvgIpc) is 2.99. The predicted molar refractivity (Wildman–Crippen MR) is 156 cm³/mol. The Kier molecular flexibility index (Phi) is 8.26. The van der Waals surface area contributed by atoms with E-state index >= 15 is 0 Å². The quantitative estimate of drug-likeness (QED) is 0.351. The fourth-order valence-corrected chi connectivity index (χ4v) is 6.06. The van der Waals surface area contributed by atoms with E-state index in [0.717, 1.165) is 80.6 Å². The maximum Gasteiger partial charge on any atom is 0.393 e. The van der Waals surface area contributed by atoms with E-state index in [2.05, 4.69) is 41.5 Å². The number of anilines is 3. The van der Waals surface area contributed by atoms with Crippen LogP contribution in [0.4, 0.5) is 17.5 Å². The number of nitrogens with one attached hydrogen (secondary N) is 3. The second kappa shape index (κ2) is 12.4. The van der Waals surface area contributed by atoms with E-state index in [1.165, 1.54) is 5.57 Å². The zero-order valence-electron chi connectivity index (χ0n) is 22.9. The van der Waals surface area contributed by atoms with Crippen molar-refractivity contribution in [3.8, 4) is 5.88 Å². The SMILES string of the molecule is C[Si](=O)Nc1cnc2cc(N3CCOCC3)nc(OC3CCC(Nc4ncc(C5=CCNCC5)cn4)CC3)c2c1. The van der Waals surface area contributed by atoms with Crippen molar-refractivity contribution in [2.24, 2.45) is 0 Å². The summed E-state index contributed by atoms with van der Waals surface area (Å²) in [5, 5.41) is 7.67. The summed E-state index contributed by atoms with van der Waals surface area (Å²) in [5.74, 6) is 2.10. The zero-order valence-corrected chi connectivity index (χ0v) is 23.9. The van der Waals surface area contributed by atoms with Gasteiger partial charge in [-0.2, -0.15) is 4.98 Å². The van der Waals surface area contributed by atoms with Gasteiger partial charge in [-0.1, -0.05) is 6.08 Å². The third-order valence-electron chi connectivity index (χ3n) is 7.66. The lowest BCUT2D eigenvalue weighted by atomic mass is 9.93.